The number of amides is 1. The third-order valence-electron chi connectivity index (χ3n) is 3.79. The van der Waals surface area contributed by atoms with Gasteiger partial charge in [0.1, 0.15) is 0 Å². The van der Waals surface area contributed by atoms with Gasteiger partial charge < -0.3 is 10.0 Å². The van der Waals surface area contributed by atoms with Gasteiger partial charge in [-0.3, -0.25) is 4.79 Å². The quantitative estimate of drug-likeness (QED) is 0.925. The third-order valence-corrected chi connectivity index (χ3v) is 4.04. The lowest BCUT2D eigenvalue weighted by Crippen LogP contribution is -2.45. The van der Waals surface area contributed by atoms with Gasteiger partial charge >= 0.3 is 0 Å². The fourth-order valence-corrected chi connectivity index (χ4v) is 2.67. The molecule has 2 rings (SSSR count). The molecule has 0 aromatic heterocycles. The zero-order valence-corrected chi connectivity index (χ0v) is 12.0. The molecule has 1 fully saturated rings. The summed E-state index contributed by atoms with van der Waals surface area (Å²) in [4.78, 5) is 13.7. The fraction of sp³-hybridized carbons (Fsp3) is 0.533. The van der Waals surface area contributed by atoms with E-state index in [2.05, 4.69) is 0 Å². The van der Waals surface area contributed by atoms with Gasteiger partial charge in [0.15, 0.2) is 0 Å². The standard InChI is InChI=1S/C15H20ClNO2/c1-2-3-14(18)17-10-8-15(19,9-11-17)12-4-6-13(16)7-5-12/h4-7,19H,2-3,8-11H2,1H3. The van der Waals surface area contributed by atoms with E-state index in [-0.39, 0.29) is 5.91 Å². The molecule has 0 spiro atoms. The molecule has 104 valence electrons. The molecule has 1 aromatic rings. The van der Waals surface area contributed by atoms with Crippen LogP contribution in [0.5, 0.6) is 0 Å². The van der Waals surface area contributed by atoms with Crippen molar-refractivity contribution in [1.29, 1.82) is 0 Å². The second-order valence-corrected chi connectivity index (χ2v) is 5.61. The van der Waals surface area contributed by atoms with Gasteiger partial charge in [-0.25, -0.2) is 0 Å². The van der Waals surface area contributed by atoms with Gasteiger partial charge in [-0.1, -0.05) is 30.7 Å². The van der Waals surface area contributed by atoms with Crippen molar-refractivity contribution < 1.29 is 9.90 Å². The Morgan fingerprint density at radius 2 is 1.89 bits per heavy atom. The summed E-state index contributed by atoms with van der Waals surface area (Å²) >= 11 is 5.86. The molecule has 1 aliphatic rings. The van der Waals surface area contributed by atoms with Crippen molar-refractivity contribution in [3.05, 3.63) is 34.9 Å². The Morgan fingerprint density at radius 1 is 1.32 bits per heavy atom. The summed E-state index contributed by atoms with van der Waals surface area (Å²) in [6.07, 6.45) is 2.64. The van der Waals surface area contributed by atoms with Gasteiger partial charge in [0, 0.05) is 24.5 Å². The van der Waals surface area contributed by atoms with Crippen molar-refractivity contribution in [3.8, 4) is 0 Å². The van der Waals surface area contributed by atoms with Crippen LogP contribution in [-0.2, 0) is 10.4 Å². The van der Waals surface area contributed by atoms with Crippen molar-refractivity contribution in [2.45, 2.75) is 38.2 Å². The highest BCUT2D eigenvalue weighted by Crippen LogP contribution is 2.33. The highest BCUT2D eigenvalue weighted by molar-refractivity contribution is 6.30. The van der Waals surface area contributed by atoms with Crippen molar-refractivity contribution in [2.75, 3.05) is 13.1 Å². The molecule has 1 saturated heterocycles. The van der Waals surface area contributed by atoms with Crippen LogP contribution in [0.4, 0.5) is 0 Å². The monoisotopic (exact) mass is 281 g/mol. The number of nitrogens with zero attached hydrogens (tertiary/aromatic N) is 1. The molecule has 0 aliphatic carbocycles. The highest BCUT2D eigenvalue weighted by Gasteiger charge is 2.35. The molecular weight excluding hydrogens is 262 g/mol. The summed E-state index contributed by atoms with van der Waals surface area (Å²) in [5.74, 6) is 0.195. The van der Waals surface area contributed by atoms with E-state index < -0.39 is 5.60 Å². The summed E-state index contributed by atoms with van der Waals surface area (Å²) in [5.41, 5.74) is 0.0626. The minimum Gasteiger partial charge on any atom is -0.385 e. The normalized spacial score (nSPS) is 18.4. The first-order chi connectivity index (χ1) is 9.05. The summed E-state index contributed by atoms with van der Waals surface area (Å²) < 4.78 is 0. The van der Waals surface area contributed by atoms with E-state index in [9.17, 15) is 9.90 Å². The lowest BCUT2D eigenvalue weighted by Gasteiger charge is -2.38. The molecule has 1 heterocycles. The molecule has 3 nitrogen and oxygen atoms in total. The molecule has 0 atom stereocenters. The Labute approximate surface area is 119 Å². The van der Waals surface area contributed by atoms with E-state index in [0.29, 0.717) is 37.4 Å². The van der Waals surface area contributed by atoms with E-state index in [1.54, 1.807) is 12.1 Å². The van der Waals surface area contributed by atoms with Crippen LogP contribution in [0.25, 0.3) is 0 Å². The number of aliphatic hydroxyl groups is 1. The average molecular weight is 282 g/mol. The number of hydrogen-bond donors (Lipinski definition) is 1. The first-order valence-corrected chi connectivity index (χ1v) is 7.19. The van der Waals surface area contributed by atoms with Crippen LogP contribution >= 0.6 is 11.6 Å². The Hall–Kier alpha value is -1.06. The molecule has 0 bridgehead atoms. The largest absolute Gasteiger partial charge is 0.385 e. The molecular formula is C15H20ClNO2. The molecule has 0 unspecified atom stereocenters. The molecule has 4 heteroatoms. The van der Waals surface area contributed by atoms with E-state index >= 15 is 0 Å². The number of halogens is 1. The summed E-state index contributed by atoms with van der Waals surface area (Å²) in [7, 11) is 0. The second kappa shape index (κ2) is 5.93. The van der Waals surface area contributed by atoms with Crippen LogP contribution in [0, 0.1) is 0 Å². The lowest BCUT2D eigenvalue weighted by atomic mass is 9.84. The minimum absolute atomic E-state index is 0.195. The van der Waals surface area contributed by atoms with E-state index in [4.69, 9.17) is 11.6 Å². The topological polar surface area (TPSA) is 40.5 Å². The minimum atomic E-state index is -0.826. The van der Waals surface area contributed by atoms with Crippen molar-refractivity contribution in [1.82, 2.24) is 4.90 Å². The first kappa shape index (κ1) is 14.4. The van der Waals surface area contributed by atoms with Gasteiger partial charge in [0.05, 0.1) is 5.60 Å². The summed E-state index contributed by atoms with van der Waals surface area (Å²) in [6, 6.07) is 7.32. The number of piperidine rings is 1. The summed E-state index contributed by atoms with van der Waals surface area (Å²) in [5, 5.41) is 11.4. The molecule has 1 amide bonds. The van der Waals surface area contributed by atoms with E-state index in [0.717, 1.165) is 12.0 Å². The molecule has 0 saturated carbocycles. The lowest BCUT2D eigenvalue weighted by molar-refractivity contribution is -0.135. The summed E-state index contributed by atoms with van der Waals surface area (Å²) in [6.45, 7) is 3.25. The number of likely N-dealkylation sites (tertiary alicyclic amines) is 1. The Kier molecular flexibility index (Phi) is 4.48. The van der Waals surface area contributed by atoms with Crippen LogP contribution in [0.1, 0.15) is 38.2 Å². The number of carbonyl (C=O) groups excluding carboxylic acids is 1. The smallest absolute Gasteiger partial charge is 0.222 e. The van der Waals surface area contributed by atoms with Gasteiger partial charge in [-0.15, -0.1) is 0 Å². The maximum atomic E-state index is 11.8. The second-order valence-electron chi connectivity index (χ2n) is 5.17. The van der Waals surface area contributed by atoms with Crippen LogP contribution < -0.4 is 0 Å². The molecule has 1 aliphatic heterocycles. The van der Waals surface area contributed by atoms with Gasteiger partial charge in [-0.05, 0) is 37.0 Å². The number of carbonyl (C=O) groups is 1. The fourth-order valence-electron chi connectivity index (χ4n) is 2.55. The van der Waals surface area contributed by atoms with Gasteiger partial charge in [0.2, 0.25) is 5.91 Å². The molecule has 1 aromatic carbocycles. The first-order valence-electron chi connectivity index (χ1n) is 6.81. The van der Waals surface area contributed by atoms with Crippen LogP contribution in [-0.4, -0.2) is 29.0 Å². The molecule has 1 N–H and O–H groups in total. The van der Waals surface area contributed by atoms with E-state index in [1.165, 1.54) is 0 Å². The maximum absolute atomic E-state index is 11.8. The Bertz CT molecular complexity index is 436. The SMILES string of the molecule is CCCC(=O)N1CCC(O)(c2ccc(Cl)cc2)CC1. The van der Waals surface area contributed by atoms with Crippen LogP contribution in [0.3, 0.4) is 0 Å². The Morgan fingerprint density at radius 3 is 2.42 bits per heavy atom. The Balaban J connectivity index is 2.01. The predicted molar refractivity (Wildman–Crippen MR) is 76.1 cm³/mol. The third kappa shape index (κ3) is 3.28. The zero-order chi connectivity index (χ0) is 13.9. The van der Waals surface area contributed by atoms with Crippen molar-refractivity contribution in [3.63, 3.8) is 0 Å². The highest BCUT2D eigenvalue weighted by atomic mass is 35.5. The van der Waals surface area contributed by atoms with Gasteiger partial charge in [0.25, 0.3) is 0 Å². The van der Waals surface area contributed by atoms with Crippen LogP contribution in [0.15, 0.2) is 24.3 Å². The van der Waals surface area contributed by atoms with Crippen molar-refractivity contribution >= 4 is 17.5 Å². The van der Waals surface area contributed by atoms with Crippen molar-refractivity contribution in [2.24, 2.45) is 0 Å². The maximum Gasteiger partial charge on any atom is 0.222 e. The average Bonchev–Trinajstić information content (AvgIpc) is 2.40. The number of hydrogen-bond acceptors (Lipinski definition) is 2. The number of benzene rings is 1. The van der Waals surface area contributed by atoms with Gasteiger partial charge in [-0.2, -0.15) is 0 Å². The van der Waals surface area contributed by atoms with Crippen LogP contribution in [0.2, 0.25) is 5.02 Å². The zero-order valence-electron chi connectivity index (χ0n) is 11.2. The molecule has 0 radical (unpaired) electrons. The molecule has 19 heavy (non-hydrogen) atoms. The number of rotatable bonds is 3. The predicted octanol–water partition coefficient (Wildman–Crippen LogP) is 2.95. The van der Waals surface area contributed by atoms with E-state index in [1.807, 2.05) is 24.0 Å².